The Morgan fingerprint density at radius 1 is 1.75 bits per heavy atom. The Morgan fingerprint density at radius 3 is 2.75 bits per heavy atom. The summed E-state index contributed by atoms with van der Waals surface area (Å²) in [4.78, 5) is 0. The van der Waals surface area contributed by atoms with Crippen LogP contribution < -0.4 is 4.68 Å². The molecule has 0 atom stereocenters. The van der Waals surface area contributed by atoms with E-state index in [1.807, 2.05) is 34.9 Å². The predicted octanol–water partition coefficient (Wildman–Crippen LogP) is 0.413. The summed E-state index contributed by atoms with van der Waals surface area (Å²) in [5.41, 5.74) is 0. The van der Waals surface area contributed by atoms with Crippen LogP contribution in [0.1, 0.15) is 0 Å². The van der Waals surface area contributed by atoms with Gasteiger partial charge in [-0.15, -0.1) is 9.36 Å². The molecule has 0 spiro atoms. The Balaban J connectivity index is 3.09. The molecule has 8 heavy (non-hydrogen) atoms. The molecule has 0 fully saturated rings. The van der Waals surface area contributed by atoms with Crippen molar-refractivity contribution in [3.63, 3.8) is 0 Å². The molecule has 1 aromatic rings. The van der Waals surface area contributed by atoms with Crippen molar-refractivity contribution in [2.24, 2.45) is 7.05 Å². The number of aryl methyl sites for hydroxylation is 1. The first-order chi connectivity index (χ1) is 3.84. The molecule has 0 N–H and O–H groups in total. The molecule has 0 aromatic carbocycles. The second-order valence-corrected chi connectivity index (χ2v) is 1.63. The molecular weight excluding hydrogens is 100 g/mol. The number of rotatable bonds is 1. The minimum Gasteiger partial charge on any atom is -0.137 e. The van der Waals surface area contributed by atoms with Crippen molar-refractivity contribution in [2.75, 3.05) is 0 Å². The maximum absolute atomic E-state index is 3.61. The molecule has 0 radical (unpaired) electrons. The van der Waals surface area contributed by atoms with Crippen LogP contribution in [0.25, 0.3) is 6.20 Å². The van der Waals surface area contributed by atoms with Gasteiger partial charge >= 0.3 is 0 Å². The third kappa shape index (κ3) is 0.644. The Morgan fingerprint density at radius 2 is 2.50 bits per heavy atom. The molecular formula is C6H9N2+. The van der Waals surface area contributed by atoms with Crippen molar-refractivity contribution in [1.82, 2.24) is 4.68 Å². The highest BCUT2D eigenvalue weighted by Crippen LogP contribution is 1.77. The molecule has 1 rings (SSSR count). The Bertz CT molecular complexity index is 188. The van der Waals surface area contributed by atoms with Gasteiger partial charge in [0.25, 0.3) is 0 Å². The summed E-state index contributed by atoms with van der Waals surface area (Å²) in [6.07, 6.45) is 5.65. The molecule has 0 aliphatic heterocycles. The minimum atomic E-state index is 1.75. The molecule has 2 heteroatoms. The van der Waals surface area contributed by atoms with E-state index in [0.717, 1.165) is 0 Å². The van der Waals surface area contributed by atoms with Crippen molar-refractivity contribution in [3.05, 3.63) is 25.0 Å². The fourth-order valence-corrected chi connectivity index (χ4v) is 0.623. The Hall–Kier alpha value is -1.05. The summed E-state index contributed by atoms with van der Waals surface area (Å²) >= 11 is 0. The molecule has 1 aromatic heterocycles. The second kappa shape index (κ2) is 1.82. The summed E-state index contributed by atoms with van der Waals surface area (Å²) in [5, 5.41) is 0. The molecule has 42 valence electrons. The number of nitrogens with zero attached hydrogens (tertiary/aromatic N) is 2. The van der Waals surface area contributed by atoms with Crippen molar-refractivity contribution >= 4 is 6.20 Å². The largest absolute Gasteiger partial charge is 0.195 e. The van der Waals surface area contributed by atoms with Gasteiger partial charge in [-0.05, 0) is 0 Å². The van der Waals surface area contributed by atoms with Gasteiger partial charge in [0.05, 0.1) is 12.4 Å². The van der Waals surface area contributed by atoms with Crippen LogP contribution in [-0.4, -0.2) is 4.68 Å². The number of aromatic nitrogens is 2. The van der Waals surface area contributed by atoms with Crippen LogP contribution in [0.15, 0.2) is 25.0 Å². The number of hydrogen-bond donors (Lipinski definition) is 0. The van der Waals surface area contributed by atoms with Crippen LogP contribution in [0.2, 0.25) is 0 Å². The molecule has 0 saturated heterocycles. The summed E-state index contributed by atoms with van der Waals surface area (Å²) < 4.78 is 3.83. The zero-order chi connectivity index (χ0) is 5.98. The van der Waals surface area contributed by atoms with Gasteiger partial charge in [0, 0.05) is 6.07 Å². The van der Waals surface area contributed by atoms with Crippen molar-refractivity contribution < 1.29 is 4.68 Å². The van der Waals surface area contributed by atoms with Gasteiger partial charge < -0.3 is 0 Å². The van der Waals surface area contributed by atoms with Gasteiger partial charge in [0.1, 0.15) is 0 Å². The molecule has 0 saturated carbocycles. The first kappa shape index (κ1) is 5.09. The Labute approximate surface area is 48.7 Å². The summed E-state index contributed by atoms with van der Waals surface area (Å²) in [6, 6.07) is 1.96. The first-order valence-corrected chi connectivity index (χ1v) is 2.50. The van der Waals surface area contributed by atoms with E-state index >= 15 is 0 Å². The van der Waals surface area contributed by atoms with Gasteiger partial charge in [-0.2, -0.15) is 0 Å². The van der Waals surface area contributed by atoms with Gasteiger partial charge in [-0.1, -0.05) is 6.58 Å². The second-order valence-electron chi connectivity index (χ2n) is 1.63. The van der Waals surface area contributed by atoms with Crippen molar-refractivity contribution in [2.45, 2.75) is 0 Å². The normalized spacial score (nSPS) is 9.12. The lowest BCUT2D eigenvalue weighted by molar-refractivity contribution is -0.741. The predicted molar refractivity (Wildman–Crippen MR) is 32.0 cm³/mol. The SMILES string of the molecule is C=Cn1ccc[n+]1C. The van der Waals surface area contributed by atoms with E-state index in [-0.39, 0.29) is 0 Å². The van der Waals surface area contributed by atoms with E-state index in [9.17, 15) is 0 Å². The summed E-state index contributed by atoms with van der Waals surface area (Å²) in [6.45, 7) is 3.61. The highest BCUT2D eigenvalue weighted by Gasteiger charge is 1.92. The van der Waals surface area contributed by atoms with E-state index in [1.54, 1.807) is 6.20 Å². The van der Waals surface area contributed by atoms with Gasteiger partial charge in [-0.3, -0.25) is 0 Å². The third-order valence-electron chi connectivity index (χ3n) is 1.09. The van der Waals surface area contributed by atoms with Crippen LogP contribution in [0.3, 0.4) is 0 Å². The van der Waals surface area contributed by atoms with Crippen LogP contribution in [0.4, 0.5) is 0 Å². The lowest BCUT2D eigenvalue weighted by Crippen LogP contribution is -2.34. The molecule has 0 bridgehead atoms. The van der Waals surface area contributed by atoms with Gasteiger partial charge in [0.2, 0.25) is 0 Å². The average Bonchev–Trinajstić information content (AvgIpc) is 2.14. The quantitative estimate of drug-likeness (QED) is 0.462. The zero-order valence-electron chi connectivity index (χ0n) is 4.91. The monoisotopic (exact) mass is 109 g/mol. The Kier molecular flexibility index (Phi) is 1.16. The van der Waals surface area contributed by atoms with E-state index < -0.39 is 0 Å². The highest BCUT2D eigenvalue weighted by atomic mass is 15.4. The fourth-order valence-electron chi connectivity index (χ4n) is 0.623. The van der Waals surface area contributed by atoms with E-state index in [0.29, 0.717) is 0 Å². The van der Waals surface area contributed by atoms with Crippen LogP contribution in [-0.2, 0) is 7.05 Å². The third-order valence-corrected chi connectivity index (χ3v) is 1.09. The standard InChI is InChI=1S/C6H9N2/c1-3-8-6-4-5-7(8)2/h3-6H,1H2,2H3/q+1. The van der Waals surface area contributed by atoms with Crippen LogP contribution in [0, 0.1) is 0 Å². The lowest BCUT2D eigenvalue weighted by Gasteiger charge is -1.84. The molecule has 1 heterocycles. The van der Waals surface area contributed by atoms with Crippen LogP contribution in [0.5, 0.6) is 0 Å². The molecule has 0 unspecified atom stereocenters. The lowest BCUT2D eigenvalue weighted by atomic mass is 10.7. The van der Waals surface area contributed by atoms with E-state index in [2.05, 4.69) is 6.58 Å². The summed E-state index contributed by atoms with van der Waals surface area (Å²) in [7, 11) is 1.96. The van der Waals surface area contributed by atoms with Crippen molar-refractivity contribution in [3.8, 4) is 0 Å². The molecule has 0 aliphatic carbocycles. The van der Waals surface area contributed by atoms with E-state index in [1.165, 1.54) is 0 Å². The smallest absolute Gasteiger partial charge is 0.137 e. The van der Waals surface area contributed by atoms with Gasteiger partial charge in [0.15, 0.2) is 13.2 Å². The summed E-state index contributed by atoms with van der Waals surface area (Å²) in [5.74, 6) is 0. The minimum absolute atomic E-state index is 1.75. The first-order valence-electron chi connectivity index (χ1n) is 2.50. The average molecular weight is 109 g/mol. The van der Waals surface area contributed by atoms with Gasteiger partial charge in [-0.25, -0.2) is 0 Å². The molecule has 0 amide bonds. The molecule has 2 nitrogen and oxygen atoms in total. The number of hydrogen-bond acceptors (Lipinski definition) is 0. The zero-order valence-corrected chi connectivity index (χ0v) is 4.91. The fraction of sp³-hybridized carbons (Fsp3) is 0.167. The topological polar surface area (TPSA) is 8.81 Å². The maximum atomic E-state index is 3.61. The molecule has 0 aliphatic rings. The van der Waals surface area contributed by atoms with Crippen molar-refractivity contribution in [1.29, 1.82) is 0 Å². The maximum Gasteiger partial charge on any atom is 0.195 e. The van der Waals surface area contributed by atoms with E-state index in [4.69, 9.17) is 0 Å². The van der Waals surface area contributed by atoms with Crippen LogP contribution >= 0.6 is 0 Å². The highest BCUT2D eigenvalue weighted by molar-refractivity contribution is 5.09.